The van der Waals surface area contributed by atoms with Crippen LogP contribution in [0.2, 0.25) is 0 Å². The van der Waals surface area contributed by atoms with E-state index in [-0.39, 0.29) is 18.0 Å². The quantitative estimate of drug-likeness (QED) is 0.543. The minimum absolute atomic E-state index is 0.123. The molecule has 0 spiro atoms. The molecule has 7 nitrogen and oxygen atoms in total. The third-order valence-electron chi connectivity index (χ3n) is 6.92. The normalized spacial score (nSPS) is 22.1. The molecule has 33 heavy (non-hydrogen) atoms. The number of rotatable bonds is 7. The van der Waals surface area contributed by atoms with Crippen LogP contribution in [0.25, 0.3) is 10.9 Å². The van der Waals surface area contributed by atoms with Crippen LogP contribution in [0.3, 0.4) is 0 Å². The van der Waals surface area contributed by atoms with Gasteiger partial charge < -0.3 is 19.9 Å². The van der Waals surface area contributed by atoms with E-state index in [4.69, 9.17) is 4.74 Å². The highest BCUT2D eigenvalue weighted by Crippen LogP contribution is 2.47. The molecule has 7 heteroatoms. The monoisotopic (exact) mass is 446 g/mol. The third-order valence-corrected chi connectivity index (χ3v) is 6.92. The Hall–Kier alpha value is -3.32. The number of H-pyrrole nitrogens is 1. The van der Waals surface area contributed by atoms with Crippen molar-refractivity contribution in [3.63, 3.8) is 0 Å². The molecule has 1 fully saturated rings. The maximum Gasteiger partial charge on any atom is 0.328 e. The lowest BCUT2D eigenvalue weighted by molar-refractivity contribution is -0.133. The maximum atomic E-state index is 13.6. The summed E-state index contributed by atoms with van der Waals surface area (Å²) >= 11 is 0. The lowest BCUT2D eigenvalue weighted by Gasteiger charge is -2.42. The Morgan fingerprint density at radius 2 is 1.97 bits per heavy atom. The molecule has 2 aliphatic heterocycles. The first-order chi connectivity index (χ1) is 16.0. The van der Waals surface area contributed by atoms with Gasteiger partial charge in [-0.05, 0) is 56.6 Å². The fourth-order valence-corrected chi connectivity index (χ4v) is 5.36. The van der Waals surface area contributed by atoms with Crippen LogP contribution < -0.4 is 10.1 Å². The van der Waals surface area contributed by atoms with Crippen LogP contribution >= 0.6 is 0 Å². The summed E-state index contributed by atoms with van der Waals surface area (Å²) in [6.07, 6.45) is 1.11. The number of fused-ring (bicyclic) bond motifs is 4. The van der Waals surface area contributed by atoms with E-state index < -0.39 is 5.54 Å². The van der Waals surface area contributed by atoms with E-state index in [1.807, 2.05) is 62.2 Å². The number of imide groups is 1. The summed E-state index contributed by atoms with van der Waals surface area (Å²) in [6.45, 7) is 5.40. The number of likely N-dealkylation sites (N-methyl/N-ethyl adjacent to an activating group) is 1. The highest BCUT2D eigenvalue weighted by Gasteiger charge is 2.59. The fourth-order valence-electron chi connectivity index (χ4n) is 5.36. The zero-order valence-corrected chi connectivity index (χ0v) is 19.4. The van der Waals surface area contributed by atoms with E-state index in [2.05, 4.69) is 22.4 Å². The molecule has 0 aliphatic carbocycles. The van der Waals surface area contributed by atoms with Crippen molar-refractivity contribution in [3.05, 3.63) is 65.4 Å². The molecule has 2 aliphatic rings. The number of aromatic nitrogens is 1. The zero-order chi connectivity index (χ0) is 23.2. The fraction of sp³-hybridized carbons (Fsp3) is 0.385. The second kappa shape index (κ2) is 8.23. The Kier molecular flexibility index (Phi) is 5.37. The lowest BCUT2D eigenvalue weighted by atomic mass is 9.81. The summed E-state index contributed by atoms with van der Waals surface area (Å²) in [7, 11) is 1.82. The number of carbonyl (C=O) groups excluding carboxylic acids is 2. The Balaban J connectivity index is 1.65. The number of carbonyl (C=O) groups is 2. The smallest absolute Gasteiger partial charge is 0.328 e. The third kappa shape index (κ3) is 3.38. The van der Waals surface area contributed by atoms with Gasteiger partial charge in [-0.25, -0.2) is 4.79 Å². The molecule has 3 aromatic rings. The van der Waals surface area contributed by atoms with Crippen LogP contribution in [0.1, 0.15) is 36.7 Å². The molecule has 1 saturated heterocycles. The van der Waals surface area contributed by atoms with E-state index in [1.54, 1.807) is 0 Å². The van der Waals surface area contributed by atoms with E-state index in [9.17, 15) is 9.59 Å². The molecule has 3 heterocycles. The van der Waals surface area contributed by atoms with Gasteiger partial charge in [-0.15, -0.1) is 0 Å². The van der Waals surface area contributed by atoms with Crippen LogP contribution in [-0.2, 0) is 17.6 Å². The van der Waals surface area contributed by atoms with Crippen LogP contribution in [0.15, 0.2) is 48.5 Å². The Labute approximate surface area is 193 Å². The number of hydrogen-bond donors (Lipinski definition) is 2. The van der Waals surface area contributed by atoms with Gasteiger partial charge in [0.15, 0.2) is 0 Å². The number of hydrogen-bond acceptors (Lipinski definition) is 4. The van der Waals surface area contributed by atoms with Crippen molar-refractivity contribution >= 4 is 22.8 Å². The number of nitrogens with one attached hydrogen (secondary N) is 2. The van der Waals surface area contributed by atoms with Crippen molar-refractivity contribution in [1.29, 1.82) is 0 Å². The van der Waals surface area contributed by atoms with Crippen LogP contribution in [0.5, 0.6) is 5.75 Å². The van der Waals surface area contributed by atoms with Crippen LogP contribution in [0.4, 0.5) is 4.79 Å². The molecule has 0 radical (unpaired) electrons. The highest BCUT2D eigenvalue weighted by atomic mass is 16.5. The predicted octanol–water partition coefficient (Wildman–Crippen LogP) is 3.65. The van der Waals surface area contributed by atoms with E-state index in [0.717, 1.165) is 33.5 Å². The van der Waals surface area contributed by atoms with Crippen LogP contribution in [-0.4, -0.2) is 59.0 Å². The van der Waals surface area contributed by atoms with Crippen molar-refractivity contribution < 1.29 is 14.3 Å². The van der Waals surface area contributed by atoms with E-state index in [1.165, 1.54) is 4.90 Å². The number of urea groups is 1. The van der Waals surface area contributed by atoms with Gasteiger partial charge >= 0.3 is 6.03 Å². The molecule has 2 N–H and O–H groups in total. The van der Waals surface area contributed by atoms with Crippen molar-refractivity contribution in [2.45, 2.75) is 38.3 Å². The molecule has 5 rings (SSSR count). The Bertz CT molecular complexity index is 1200. The molecule has 1 unspecified atom stereocenters. The highest BCUT2D eigenvalue weighted by molar-refractivity contribution is 6.08. The minimum Gasteiger partial charge on any atom is -0.494 e. The summed E-state index contributed by atoms with van der Waals surface area (Å²) in [5, 5.41) is 4.11. The second-order valence-electron chi connectivity index (χ2n) is 9.03. The molecule has 2 atom stereocenters. The SMILES string of the molecule is CCOc1ccc2[nH]c3c(c2c1)C[C@@]1(C)C(=O)N(CCNC)C(=O)N1C3Cc1ccccc1. The Morgan fingerprint density at radius 1 is 1.18 bits per heavy atom. The van der Waals surface area contributed by atoms with E-state index >= 15 is 0 Å². The molecule has 0 saturated carbocycles. The minimum atomic E-state index is -0.923. The summed E-state index contributed by atoms with van der Waals surface area (Å²) in [4.78, 5) is 34.0. The van der Waals surface area contributed by atoms with Crippen molar-refractivity contribution in [3.8, 4) is 5.75 Å². The van der Waals surface area contributed by atoms with Crippen molar-refractivity contribution in [2.75, 3.05) is 26.7 Å². The topological polar surface area (TPSA) is 77.7 Å². The number of nitrogens with zero attached hydrogens (tertiary/aromatic N) is 2. The average molecular weight is 447 g/mol. The first kappa shape index (κ1) is 21.5. The molecule has 1 aromatic heterocycles. The standard InChI is InChI=1S/C26H30N4O3/c1-4-33-18-10-11-21-19(15-18)20-16-26(2)24(31)29(13-12-27-3)25(32)30(26)22(23(20)28-21)14-17-8-6-5-7-9-17/h5-11,15,22,27-28H,4,12-14,16H2,1-3H3/t22?,26-/m0/s1. The first-order valence-corrected chi connectivity index (χ1v) is 11.6. The van der Waals surface area contributed by atoms with E-state index in [0.29, 0.717) is 32.5 Å². The number of amides is 3. The number of benzene rings is 2. The summed E-state index contributed by atoms with van der Waals surface area (Å²) < 4.78 is 5.75. The number of aromatic amines is 1. The molecule has 172 valence electrons. The maximum absolute atomic E-state index is 13.6. The zero-order valence-electron chi connectivity index (χ0n) is 19.4. The molecule has 0 bridgehead atoms. The summed E-state index contributed by atoms with van der Waals surface area (Å²) in [5.41, 5.74) is 3.31. The van der Waals surface area contributed by atoms with Gasteiger partial charge in [0.05, 0.1) is 12.6 Å². The Morgan fingerprint density at radius 3 is 2.70 bits per heavy atom. The molecular weight excluding hydrogens is 416 g/mol. The second-order valence-corrected chi connectivity index (χ2v) is 9.03. The summed E-state index contributed by atoms with van der Waals surface area (Å²) in [5.74, 6) is 0.685. The largest absolute Gasteiger partial charge is 0.494 e. The van der Waals surface area contributed by atoms with Crippen LogP contribution in [0, 0.1) is 0 Å². The lowest BCUT2D eigenvalue weighted by Crippen LogP contribution is -2.53. The van der Waals surface area contributed by atoms with Gasteiger partial charge in [0.25, 0.3) is 5.91 Å². The van der Waals surface area contributed by atoms with Gasteiger partial charge in [0.2, 0.25) is 0 Å². The van der Waals surface area contributed by atoms with Gasteiger partial charge in [0, 0.05) is 36.1 Å². The predicted molar refractivity (Wildman–Crippen MR) is 127 cm³/mol. The average Bonchev–Trinajstić information content (AvgIpc) is 3.25. The van der Waals surface area contributed by atoms with Crippen molar-refractivity contribution in [1.82, 2.24) is 20.1 Å². The molecule has 2 aromatic carbocycles. The molecule has 3 amide bonds. The van der Waals surface area contributed by atoms with Gasteiger partial charge in [0.1, 0.15) is 11.3 Å². The van der Waals surface area contributed by atoms with Crippen molar-refractivity contribution in [2.24, 2.45) is 0 Å². The first-order valence-electron chi connectivity index (χ1n) is 11.6. The number of ether oxygens (including phenoxy) is 1. The van der Waals surface area contributed by atoms with Gasteiger partial charge in [-0.3, -0.25) is 9.69 Å². The van der Waals surface area contributed by atoms with Gasteiger partial charge in [-0.2, -0.15) is 0 Å². The van der Waals surface area contributed by atoms with Gasteiger partial charge in [-0.1, -0.05) is 30.3 Å². The molecular formula is C26H30N4O3. The summed E-state index contributed by atoms with van der Waals surface area (Å²) in [6, 6.07) is 15.7.